The zero-order valence-corrected chi connectivity index (χ0v) is 14.2. The maximum Gasteiger partial charge on any atom is 0.434 e. The van der Waals surface area contributed by atoms with Crippen molar-refractivity contribution in [2.75, 3.05) is 18.5 Å². The summed E-state index contributed by atoms with van der Waals surface area (Å²) in [5.74, 6) is -0.692. The Morgan fingerprint density at radius 2 is 2.04 bits per heavy atom. The summed E-state index contributed by atoms with van der Waals surface area (Å²) >= 11 is 0. The lowest BCUT2D eigenvalue weighted by Gasteiger charge is -2.38. The van der Waals surface area contributed by atoms with Crippen LogP contribution in [-0.4, -0.2) is 73.6 Å². The van der Waals surface area contributed by atoms with Gasteiger partial charge in [-0.1, -0.05) is 0 Å². The van der Waals surface area contributed by atoms with Crippen molar-refractivity contribution < 1.29 is 32.9 Å². The Kier molecular flexibility index (Phi) is 5.76. The number of aromatic nitrogens is 4. The van der Waals surface area contributed by atoms with Crippen molar-refractivity contribution in [3.05, 3.63) is 36.3 Å². The third kappa shape index (κ3) is 4.55. The topological polar surface area (TPSA) is 145 Å². The Morgan fingerprint density at radius 3 is 2.71 bits per heavy atom. The van der Waals surface area contributed by atoms with Gasteiger partial charge < -0.3 is 30.6 Å². The Bertz CT molecular complexity index is 803. The van der Waals surface area contributed by atoms with E-state index in [0.29, 0.717) is 6.20 Å². The standard InChI is InChI=1S/C15H17F3N6O4/c16-15(17,18)10-3-19-4-11(24-10)23-8-5-28-9(13(26)12(8)25)2-21-14(27)7-1-20-6-22-7/h1,3-4,6,8-9,12-13,25-26H,2,5H2,(H,20,22)(H,21,27)(H,23,24)/t8-,9+,12+,13-/m0/s1. The van der Waals surface area contributed by atoms with Gasteiger partial charge in [0.2, 0.25) is 0 Å². The molecule has 5 N–H and O–H groups in total. The molecule has 10 nitrogen and oxygen atoms in total. The first kappa shape index (κ1) is 20.0. The molecule has 13 heteroatoms. The number of nitrogens with zero attached hydrogens (tertiary/aromatic N) is 3. The molecule has 0 aromatic carbocycles. The van der Waals surface area contributed by atoms with Crippen molar-refractivity contribution in [3.8, 4) is 0 Å². The molecule has 0 unspecified atom stereocenters. The molecule has 0 aliphatic carbocycles. The predicted molar refractivity (Wildman–Crippen MR) is 87.1 cm³/mol. The van der Waals surface area contributed by atoms with Gasteiger partial charge >= 0.3 is 6.18 Å². The first-order valence-electron chi connectivity index (χ1n) is 8.16. The number of rotatable bonds is 5. The minimum Gasteiger partial charge on any atom is -0.388 e. The molecule has 2 aromatic rings. The average Bonchev–Trinajstić information content (AvgIpc) is 3.19. The van der Waals surface area contributed by atoms with E-state index in [2.05, 4.69) is 30.6 Å². The molecule has 0 radical (unpaired) electrons. The Hall–Kier alpha value is -2.77. The molecule has 1 saturated heterocycles. The first-order valence-corrected chi connectivity index (χ1v) is 8.16. The molecule has 0 bridgehead atoms. The molecule has 1 amide bonds. The fraction of sp³-hybridized carbons (Fsp3) is 0.467. The summed E-state index contributed by atoms with van der Waals surface area (Å²) in [5, 5.41) is 25.6. The Balaban J connectivity index is 1.57. The van der Waals surface area contributed by atoms with Gasteiger partial charge in [0.15, 0.2) is 5.69 Å². The lowest BCUT2D eigenvalue weighted by Crippen LogP contribution is -2.58. The normalized spacial score (nSPS) is 25.3. The summed E-state index contributed by atoms with van der Waals surface area (Å²) in [6.07, 6.45) is -4.06. The van der Waals surface area contributed by atoms with Gasteiger partial charge in [-0.15, -0.1) is 0 Å². The zero-order valence-electron chi connectivity index (χ0n) is 14.2. The van der Waals surface area contributed by atoms with E-state index in [1.165, 1.54) is 12.5 Å². The average molecular weight is 402 g/mol. The maximum atomic E-state index is 12.7. The van der Waals surface area contributed by atoms with Crippen LogP contribution in [0, 0.1) is 0 Å². The monoisotopic (exact) mass is 402 g/mol. The van der Waals surface area contributed by atoms with Gasteiger partial charge in [-0.3, -0.25) is 9.78 Å². The number of H-pyrrole nitrogens is 1. The minimum absolute atomic E-state index is 0.0911. The highest BCUT2D eigenvalue weighted by molar-refractivity contribution is 5.91. The molecule has 0 spiro atoms. The third-order valence-corrected chi connectivity index (χ3v) is 4.10. The molecule has 0 saturated carbocycles. The highest BCUT2D eigenvalue weighted by atomic mass is 19.4. The molecule has 4 atom stereocenters. The summed E-state index contributed by atoms with van der Waals surface area (Å²) in [5.41, 5.74) is -0.975. The van der Waals surface area contributed by atoms with Crippen molar-refractivity contribution >= 4 is 11.7 Å². The van der Waals surface area contributed by atoms with Crippen LogP contribution in [0.4, 0.5) is 19.0 Å². The highest BCUT2D eigenvalue weighted by Crippen LogP contribution is 2.28. The molecule has 28 heavy (non-hydrogen) atoms. The molecule has 1 aliphatic rings. The quantitative estimate of drug-likeness (QED) is 0.452. The predicted octanol–water partition coefficient (Wildman–Crippen LogP) is -0.450. The minimum atomic E-state index is -4.66. The number of halogens is 3. The Morgan fingerprint density at radius 1 is 1.25 bits per heavy atom. The van der Waals surface area contributed by atoms with Crippen LogP contribution in [0.25, 0.3) is 0 Å². The third-order valence-electron chi connectivity index (χ3n) is 4.10. The first-order chi connectivity index (χ1) is 13.3. The van der Waals surface area contributed by atoms with Crippen LogP contribution in [0.3, 0.4) is 0 Å². The van der Waals surface area contributed by atoms with Crippen LogP contribution >= 0.6 is 0 Å². The van der Waals surface area contributed by atoms with Gasteiger partial charge in [0.25, 0.3) is 5.91 Å². The molecule has 1 fully saturated rings. The summed E-state index contributed by atoms with van der Waals surface area (Å²) in [4.78, 5) is 25.0. The number of aliphatic hydroxyl groups is 2. The number of hydrogen-bond donors (Lipinski definition) is 5. The van der Waals surface area contributed by atoms with Crippen molar-refractivity contribution in [2.45, 2.75) is 30.5 Å². The number of nitrogens with one attached hydrogen (secondary N) is 3. The van der Waals surface area contributed by atoms with E-state index in [1.807, 2.05) is 0 Å². The molecule has 152 valence electrons. The van der Waals surface area contributed by atoms with Gasteiger partial charge in [-0.05, 0) is 0 Å². The number of carbonyl (C=O) groups excluding carboxylic acids is 1. The zero-order chi connectivity index (χ0) is 20.3. The fourth-order valence-electron chi connectivity index (χ4n) is 2.62. The smallest absolute Gasteiger partial charge is 0.388 e. The van der Waals surface area contributed by atoms with E-state index < -0.39 is 42.1 Å². The van der Waals surface area contributed by atoms with Crippen LogP contribution in [0.5, 0.6) is 0 Å². The highest BCUT2D eigenvalue weighted by Gasteiger charge is 2.39. The van der Waals surface area contributed by atoms with Gasteiger partial charge in [0.1, 0.15) is 29.8 Å². The largest absolute Gasteiger partial charge is 0.434 e. The van der Waals surface area contributed by atoms with E-state index >= 15 is 0 Å². The van der Waals surface area contributed by atoms with Crippen LogP contribution in [0.1, 0.15) is 16.2 Å². The van der Waals surface area contributed by atoms with Crippen molar-refractivity contribution in [1.82, 2.24) is 25.3 Å². The van der Waals surface area contributed by atoms with Crippen molar-refractivity contribution in [2.24, 2.45) is 0 Å². The summed E-state index contributed by atoms with van der Waals surface area (Å²) in [6.45, 7) is -0.229. The van der Waals surface area contributed by atoms with Crippen molar-refractivity contribution in [1.29, 1.82) is 0 Å². The number of anilines is 1. The second-order valence-corrected chi connectivity index (χ2v) is 6.07. The van der Waals surface area contributed by atoms with Gasteiger partial charge in [-0.2, -0.15) is 13.2 Å². The molecule has 1 aliphatic heterocycles. The lowest BCUT2D eigenvalue weighted by atomic mass is 9.98. The molecule has 3 rings (SSSR count). The van der Waals surface area contributed by atoms with Crippen LogP contribution in [0.15, 0.2) is 24.9 Å². The number of aromatic amines is 1. The second kappa shape index (κ2) is 8.08. The van der Waals surface area contributed by atoms with Gasteiger partial charge in [-0.25, -0.2) is 9.97 Å². The number of carbonyl (C=O) groups is 1. The van der Waals surface area contributed by atoms with Crippen LogP contribution < -0.4 is 10.6 Å². The van der Waals surface area contributed by atoms with E-state index in [4.69, 9.17) is 4.74 Å². The maximum absolute atomic E-state index is 12.7. The number of ether oxygens (including phenoxy) is 1. The number of hydrogen-bond acceptors (Lipinski definition) is 8. The van der Waals surface area contributed by atoms with E-state index in [9.17, 15) is 28.2 Å². The summed E-state index contributed by atoms with van der Waals surface area (Å²) in [7, 11) is 0. The number of imidazole rings is 1. The SMILES string of the molecule is O=C(NC[C@H]1OC[C@H](Nc2cncc(C(F)(F)F)n2)[C@@H](O)[C@H]1O)c1cnc[nH]1. The van der Waals surface area contributed by atoms with Gasteiger partial charge in [0.05, 0.1) is 37.6 Å². The molecule has 2 aromatic heterocycles. The molecular formula is C15H17F3N6O4. The summed E-state index contributed by atoms with van der Waals surface area (Å²) < 4.78 is 43.5. The lowest BCUT2D eigenvalue weighted by molar-refractivity contribution is -0.141. The second-order valence-electron chi connectivity index (χ2n) is 6.07. The molecule has 3 heterocycles. The van der Waals surface area contributed by atoms with Crippen molar-refractivity contribution in [3.63, 3.8) is 0 Å². The molecular weight excluding hydrogens is 385 g/mol. The number of alkyl halides is 3. The van der Waals surface area contributed by atoms with E-state index in [1.54, 1.807) is 0 Å². The van der Waals surface area contributed by atoms with Crippen LogP contribution in [0.2, 0.25) is 0 Å². The number of amides is 1. The van der Waals surface area contributed by atoms with E-state index in [-0.39, 0.29) is 24.7 Å². The fourth-order valence-corrected chi connectivity index (χ4v) is 2.62. The van der Waals surface area contributed by atoms with Crippen LogP contribution in [-0.2, 0) is 10.9 Å². The van der Waals surface area contributed by atoms with E-state index in [0.717, 1.165) is 6.20 Å². The van der Waals surface area contributed by atoms with Gasteiger partial charge in [0, 0.05) is 6.54 Å². The Labute approximate surface area is 156 Å². The summed E-state index contributed by atoms with van der Waals surface area (Å²) in [6, 6.07) is -0.924. The number of aliphatic hydroxyl groups excluding tert-OH is 2.